The van der Waals surface area contributed by atoms with E-state index < -0.39 is 17.5 Å². The monoisotopic (exact) mass is 280 g/mol. The topological polar surface area (TPSA) is 52.6 Å². The molecule has 110 valence electrons. The maximum atomic E-state index is 13.2. The zero-order chi connectivity index (χ0) is 14.1. The molecule has 1 amide bonds. The molecule has 0 radical (unpaired) electrons. The lowest BCUT2D eigenvalue weighted by atomic mass is 9.83. The normalized spacial score (nSPS) is 29.8. The Bertz CT molecular complexity index is 332. The number of nitrogens with one attached hydrogen (secondary N) is 1. The molecule has 0 saturated carbocycles. The van der Waals surface area contributed by atoms with Gasteiger partial charge in [0.2, 0.25) is 5.91 Å². The highest BCUT2D eigenvalue weighted by molar-refractivity contribution is 5.84. The number of hydrogen-bond donors (Lipinski definition) is 2. The van der Waals surface area contributed by atoms with Crippen molar-refractivity contribution in [3.63, 3.8) is 0 Å². The summed E-state index contributed by atoms with van der Waals surface area (Å²) < 4.78 is 39.7. The van der Waals surface area contributed by atoms with Crippen LogP contribution >= 0.6 is 0 Å². The largest absolute Gasteiger partial charge is 0.404 e. The first-order chi connectivity index (χ1) is 8.90. The van der Waals surface area contributed by atoms with E-state index in [9.17, 15) is 18.0 Å². The summed E-state index contributed by atoms with van der Waals surface area (Å²) in [6.45, 7) is 0.547. The Morgan fingerprint density at radius 3 is 2.42 bits per heavy atom. The predicted molar refractivity (Wildman–Crippen MR) is 62.4 cm³/mol. The van der Waals surface area contributed by atoms with E-state index in [0.29, 0.717) is 25.9 Å². The number of nitrogens with zero attached hydrogens (tertiary/aromatic N) is 1. The van der Waals surface area contributed by atoms with Crippen molar-refractivity contribution in [3.05, 3.63) is 0 Å². The molecule has 1 atom stereocenters. The fourth-order valence-corrected chi connectivity index (χ4v) is 2.86. The van der Waals surface area contributed by atoms with Crippen LogP contribution in [0.5, 0.6) is 0 Å². The van der Waals surface area contributed by atoms with Crippen LogP contribution in [0, 0.1) is 11.3 Å². The Balaban J connectivity index is 2.09. The van der Waals surface area contributed by atoms with Gasteiger partial charge in [0.1, 0.15) is 0 Å². The predicted octanol–water partition coefficient (Wildman–Crippen LogP) is 0.759. The number of carbonyl (C=O) groups excluding carboxylic acids is 1. The van der Waals surface area contributed by atoms with Crippen molar-refractivity contribution in [1.82, 2.24) is 10.2 Å². The molecule has 2 rings (SSSR count). The highest BCUT2D eigenvalue weighted by Crippen LogP contribution is 2.44. The molecule has 2 heterocycles. The molecule has 2 saturated heterocycles. The highest BCUT2D eigenvalue weighted by Gasteiger charge is 2.62. The number of amides is 1. The van der Waals surface area contributed by atoms with Crippen LogP contribution in [-0.4, -0.2) is 54.9 Å². The van der Waals surface area contributed by atoms with Crippen LogP contribution in [0.1, 0.15) is 19.3 Å². The van der Waals surface area contributed by atoms with Crippen molar-refractivity contribution < 1.29 is 23.1 Å². The summed E-state index contributed by atoms with van der Waals surface area (Å²) >= 11 is 0. The first-order valence-electron chi connectivity index (χ1n) is 6.58. The van der Waals surface area contributed by atoms with Crippen LogP contribution < -0.4 is 5.32 Å². The van der Waals surface area contributed by atoms with Gasteiger partial charge in [-0.2, -0.15) is 13.2 Å². The molecular weight excluding hydrogens is 261 g/mol. The van der Waals surface area contributed by atoms with Crippen LogP contribution in [0.3, 0.4) is 0 Å². The number of alkyl halides is 3. The summed E-state index contributed by atoms with van der Waals surface area (Å²) in [7, 11) is 0. The quantitative estimate of drug-likeness (QED) is 0.785. The maximum absolute atomic E-state index is 13.2. The van der Waals surface area contributed by atoms with Crippen LogP contribution in [0.2, 0.25) is 0 Å². The zero-order valence-corrected chi connectivity index (χ0v) is 10.7. The van der Waals surface area contributed by atoms with Crippen molar-refractivity contribution in [1.29, 1.82) is 0 Å². The van der Waals surface area contributed by atoms with E-state index in [4.69, 9.17) is 5.11 Å². The van der Waals surface area contributed by atoms with E-state index in [1.807, 2.05) is 0 Å². The number of piperidine rings is 1. The first-order valence-corrected chi connectivity index (χ1v) is 6.58. The minimum atomic E-state index is -4.51. The van der Waals surface area contributed by atoms with Gasteiger partial charge in [0.05, 0.1) is 0 Å². The number of halogens is 3. The number of carbonyl (C=O) groups is 1. The van der Waals surface area contributed by atoms with E-state index in [2.05, 4.69) is 5.32 Å². The van der Waals surface area contributed by atoms with E-state index in [-0.39, 0.29) is 32.0 Å². The third kappa shape index (κ3) is 2.58. The number of aliphatic hydroxyl groups is 1. The second kappa shape index (κ2) is 5.28. The van der Waals surface area contributed by atoms with Crippen molar-refractivity contribution in [2.45, 2.75) is 25.4 Å². The fourth-order valence-electron chi connectivity index (χ4n) is 2.86. The summed E-state index contributed by atoms with van der Waals surface area (Å²) in [4.78, 5) is 13.6. The second-order valence-electron chi connectivity index (χ2n) is 5.42. The molecule has 0 bridgehead atoms. The van der Waals surface area contributed by atoms with Crippen LogP contribution in [0.25, 0.3) is 0 Å². The third-order valence-corrected chi connectivity index (χ3v) is 4.27. The zero-order valence-electron chi connectivity index (χ0n) is 10.7. The van der Waals surface area contributed by atoms with E-state index in [0.717, 1.165) is 0 Å². The molecule has 2 aliphatic rings. The van der Waals surface area contributed by atoms with Crippen LogP contribution in [0.4, 0.5) is 13.2 Å². The van der Waals surface area contributed by atoms with Gasteiger partial charge in [-0.1, -0.05) is 0 Å². The molecule has 19 heavy (non-hydrogen) atoms. The van der Waals surface area contributed by atoms with E-state index >= 15 is 0 Å². The molecule has 0 aromatic carbocycles. The summed E-state index contributed by atoms with van der Waals surface area (Å²) in [5, 5.41) is 11.7. The minimum absolute atomic E-state index is 0.0357. The maximum Gasteiger partial charge on any atom is 0.404 e. The molecule has 0 aliphatic carbocycles. The lowest BCUT2D eigenvalue weighted by Gasteiger charge is -2.38. The van der Waals surface area contributed by atoms with Gasteiger partial charge >= 0.3 is 6.18 Å². The molecule has 2 aliphatic heterocycles. The van der Waals surface area contributed by atoms with Crippen molar-refractivity contribution in [2.75, 3.05) is 32.8 Å². The molecule has 1 unspecified atom stereocenters. The summed E-state index contributed by atoms with van der Waals surface area (Å²) in [6.07, 6.45) is -3.55. The van der Waals surface area contributed by atoms with Gasteiger partial charge in [-0.05, 0) is 31.7 Å². The lowest BCUT2D eigenvalue weighted by molar-refractivity contribution is -0.222. The molecule has 2 fully saturated rings. The average Bonchev–Trinajstić information content (AvgIpc) is 2.88. The van der Waals surface area contributed by atoms with Crippen molar-refractivity contribution in [3.8, 4) is 0 Å². The van der Waals surface area contributed by atoms with Gasteiger partial charge in [-0.3, -0.25) is 4.79 Å². The Morgan fingerprint density at radius 2 is 2.00 bits per heavy atom. The average molecular weight is 280 g/mol. The number of rotatable bonds is 2. The molecular formula is C12H19F3N2O2. The van der Waals surface area contributed by atoms with Gasteiger partial charge in [-0.15, -0.1) is 0 Å². The second-order valence-corrected chi connectivity index (χ2v) is 5.42. The van der Waals surface area contributed by atoms with Gasteiger partial charge < -0.3 is 15.3 Å². The lowest BCUT2D eigenvalue weighted by Crippen LogP contribution is -2.55. The number of likely N-dealkylation sites (tertiary alicyclic amines) is 1. The SMILES string of the molecule is O=C(N1CCC(CO)CC1)C1(C(F)(F)F)CCNC1. The molecule has 4 nitrogen and oxygen atoms in total. The van der Waals surface area contributed by atoms with Gasteiger partial charge in [-0.25, -0.2) is 0 Å². The standard InChI is InChI=1S/C12H19F3N2O2/c13-12(14,15)11(3-4-16-8-11)10(19)17-5-1-9(7-18)2-6-17/h9,16,18H,1-8H2. The minimum Gasteiger partial charge on any atom is -0.396 e. The summed E-state index contributed by atoms with van der Waals surface area (Å²) in [5.74, 6) is -0.700. The molecule has 2 N–H and O–H groups in total. The first kappa shape index (κ1) is 14.6. The van der Waals surface area contributed by atoms with E-state index in [1.165, 1.54) is 4.90 Å². The summed E-state index contributed by atoms with van der Waals surface area (Å²) in [6, 6.07) is 0. The van der Waals surface area contributed by atoms with E-state index in [1.54, 1.807) is 0 Å². The van der Waals surface area contributed by atoms with Crippen molar-refractivity contribution in [2.24, 2.45) is 11.3 Å². The van der Waals surface area contributed by atoms with Crippen molar-refractivity contribution >= 4 is 5.91 Å². The molecule has 0 aromatic heterocycles. The Hall–Kier alpha value is -0.820. The Kier molecular flexibility index (Phi) is 4.06. The fraction of sp³-hybridized carbons (Fsp3) is 0.917. The molecule has 0 aromatic rings. The van der Waals surface area contributed by atoms with Crippen LogP contribution in [0.15, 0.2) is 0 Å². The van der Waals surface area contributed by atoms with Gasteiger partial charge in [0.15, 0.2) is 5.41 Å². The number of hydrogen-bond acceptors (Lipinski definition) is 3. The van der Waals surface area contributed by atoms with Gasteiger partial charge in [0.25, 0.3) is 0 Å². The Labute approximate surface area is 110 Å². The molecule has 7 heteroatoms. The highest BCUT2D eigenvalue weighted by atomic mass is 19.4. The summed E-state index contributed by atoms with van der Waals surface area (Å²) in [5.41, 5.74) is -2.25. The smallest absolute Gasteiger partial charge is 0.396 e. The third-order valence-electron chi connectivity index (χ3n) is 4.27. The Morgan fingerprint density at radius 1 is 1.37 bits per heavy atom. The van der Waals surface area contributed by atoms with Crippen LogP contribution in [-0.2, 0) is 4.79 Å². The number of aliphatic hydroxyl groups excluding tert-OH is 1. The van der Waals surface area contributed by atoms with Gasteiger partial charge in [0, 0.05) is 26.2 Å². The molecule has 0 spiro atoms.